The molecule has 2 heterocycles. The number of fused-ring (bicyclic) bond motifs is 1. The van der Waals surface area contributed by atoms with Gasteiger partial charge in [0, 0.05) is 15.5 Å². The number of aryl methyl sites for hydroxylation is 1. The first-order valence-electron chi connectivity index (χ1n) is 7.34. The Morgan fingerprint density at radius 1 is 1.04 bits per heavy atom. The monoisotopic (exact) mass is 380 g/mol. The highest BCUT2D eigenvalue weighted by molar-refractivity contribution is 9.10. The van der Waals surface area contributed by atoms with Gasteiger partial charge >= 0.3 is 0 Å². The van der Waals surface area contributed by atoms with Crippen molar-refractivity contribution in [2.45, 2.75) is 6.92 Å². The highest BCUT2D eigenvalue weighted by atomic mass is 79.9. The normalized spacial score (nSPS) is 10.9. The number of aromatic nitrogens is 5. The number of nitrogens with zero attached hydrogens (tertiary/aromatic N) is 5. The number of hydrogen-bond acceptors (Lipinski definition) is 5. The lowest BCUT2D eigenvalue weighted by molar-refractivity contribution is 0.878. The molecule has 0 saturated carbocycles. The van der Waals surface area contributed by atoms with Gasteiger partial charge in [0.2, 0.25) is 0 Å². The van der Waals surface area contributed by atoms with E-state index in [2.05, 4.69) is 47.4 Å². The highest BCUT2D eigenvalue weighted by Gasteiger charge is 2.07. The third-order valence-electron chi connectivity index (χ3n) is 3.74. The minimum Gasteiger partial charge on any atom is -0.339 e. The molecular weight excluding hydrogens is 368 g/mol. The maximum Gasteiger partial charge on any atom is 0.141 e. The van der Waals surface area contributed by atoms with Crippen molar-refractivity contribution < 1.29 is 0 Å². The predicted molar refractivity (Wildman–Crippen MR) is 96.6 cm³/mol. The van der Waals surface area contributed by atoms with E-state index >= 15 is 0 Å². The fraction of sp³-hybridized carbons (Fsp3) is 0.0588. The molecular formula is C17H13BrN6. The Hall–Kier alpha value is -2.80. The van der Waals surface area contributed by atoms with Crippen molar-refractivity contribution in [3.63, 3.8) is 0 Å². The van der Waals surface area contributed by atoms with E-state index in [1.54, 1.807) is 17.3 Å². The van der Waals surface area contributed by atoms with E-state index in [4.69, 9.17) is 0 Å². The van der Waals surface area contributed by atoms with Gasteiger partial charge in [-0.05, 0) is 48.9 Å². The van der Waals surface area contributed by atoms with Crippen molar-refractivity contribution in [1.82, 2.24) is 24.7 Å². The van der Waals surface area contributed by atoms with Crippen molar-refractivity contribution in [1.29, 1.82) is 0 Å². The number of halogens is 1. The first-order chi connectivity index (χ1) is 11.7. The summed E-state index contributed by atoms with van der Waals surface area (Å²) in [5, 5.41) is 8.51. The fourth-order valence-electron chi connectivity index (χ4n) is 2.53. The number of nitrogens with one attached hydrogen (secondary N) is 1. The second-order valence-electron chi connectivity index (χ2n) is 5.35. The summed E-state index contributed by atoms with van der Waals surface area (Å²) in [4.78, 5) is 12.7. The molecule has 0 aliphatic heterocycles. The second kappa shape index (κ2) is 6.01. The Bertz CT molecular complexity index is 1010. The topological polar surface area (TPSA) is 68.5 Å². The molecule has 2 aromatic carbocycles. The molecule has 24 heavy (non-hydrogen) atoms. The van der Waals surface area contributed by atoms with E-state index in [0.29, 0.717) is 0 Å². The first-order valence-corrected chi connectivity index (χ1v) is 8.13. The van der Waals surface area contributed by atoms with Crippen LogP contribution in [0.15, 0.2) is 59.9 Å². The van der Waals surface area contributed by atoms with E-state index in [9.17, 15) is 0 Å². The molecule has 0 fully saturated rings. The van der Waals surface area contributed by atoms with Gasteiger partial charge in [-0.1, -0.05) is 15.9 Å². The van der Waals surface area contributed by atoms with Crippen LogP contribution in [0.2, 0.25) is 0 Å². The quantitative estimate of drug-likeness (QED) is 0.581. The molecule has 4 aromatic rings. The van der Waals surface area contributed by atoms with Gasteiger partial charge in [-0.3, -0.25) is 0 Å². The van der Waals surface area contributed by atoms with Gasteiger partial charge in [0.1, 0.15) is 24.8 Å². The van der Waals surface area contributed by atoms with Crippen LogP contribution in [0.4, 0.5) is 11.5 Å². The van der Waals surface area contributed by atoms with Crippen LogP contribution in [0, 0.1) is 6.92 Å². The minimum absolute atomic E-state index is 0.776. The maximum absolute atomic E-state index is 4.39. The van der Waals surface area contributed by atoms with Crippen LogP contribution in [0.1, 0.15) is 5.56 Å². The first kappa shape index (κ1) is 14.8. The fourth-order valence-corrected chi connectivity index (χ4v) is 2.89. The van der Waals surface area contributed by atoms with Gasteiger partial charge in [0.15, 0.2) is 0 Å². The van der Waals surface area contributed by atoms with Crippen molar-refractivity contribution in [3.05, 3.63) is 65.4 Å². The molecule has 0 amide bonds. The summed E-state index contributed by atoms with van der Waals surface area (Å²) in [6, 6.07) is 12.0. The zero-order valence-electron chi connectivity index (χ0n) is 12.8. The van der Waals surface area contributed by atoms with Gasteiger partial charge in [-0.25, -0.2) is 19.6 Å². The van der Waals surface area contributed by atoms with E-state index in [1.807, 2.05) is 37.3 Å². The zero-order chi connectivity index (χ0) is 16.5. The smallest absolute Gasteiger partial charge is 0.141 e. The minimum atomic E-state index is 0.776. The lowest BCUT2D eigenvalue weighted by Gasteiger charge is -2.12. The van der Waals surface area contributed by atoms with Crippen molar-refractivity contribution in [2.24, 2.45) is 0 Å². The van der Waals surface area contributed by atoms with Crippen LogP contribution in [-0.2, 0) is 0 Å². The third-order valence-corrected chi connectivity index (χ3v) is 4.24. The Balaban J connectivity index is 1.72. The molecule has 0 bridgehead atoms. The molecule has 0 unspecified atom stereocenters. The molecule has 0 radical (unpaired) electrons. The van der Waals surface area contributed by atoms with Gasteiger partial charge in [-0.15, -0.1) is 0 Å². The SMILES string of the molecule is Cc1cc(-n2cncn2)ccc1Nc1ncnc2ccc(Br)cc12. The molecule has 2 aromatic heterocycles. The largest absolute Gasteiger partial charge is 0.339 e. The van der Waals surface area contributed by atoms with E-state index in [0.717, 1.165) is 38.1 Å². The number of rotatable bonds is 3. The number of anilines is 2. The molecule has 0 atom stereocenters. The molecule has 0 aliphatic carbocycles. The van der Waals surface area contributed by atoms with Crippen molar-refractivity contribution in [3.8, 4) is 5.69 Å². The Morgan fingerprint density at radius 2 is 1.96 bits per heavy atom. The van der Waals surface area contributed by atoms with Crippen LogP contribution in [0.3, 0.4) is 0 Å². The lowest BCUT2D eigenvalue weighted by atomic mass is 10.1. The summed E-state index contributed by atoms with van der Waals surface area (Å²) in [7, 11) is 0. The van der Waals surface area contributed by atoms with E-state index < -0.39 is 0 Å². The van der Waals surface area contributed by atoms with Crippen LogP contribution in [0.5, 0.6) is 0 Å². The van der Waals surface area contributed by atoms with E-state index in [-0.39, 0.29) is 0 Å². The molecule has 7 heteroatoms. The molecule has 0 spiro atoms. The molecule has 6 nitrogen and oxygen atoms in total. The van der Waals surface area contributed by atoms with Gasteiger partial charge in [-0.2, -0.15) is 5.10 Å². The molecule has 0 aliphatic rings. The summed E-state index contributed by atoms with van der Waals surface area (Å²) >= 11 is 3.50. The number of hydrogen-bond donors (Lipinski definition) is 1. The van der Waals surface area contributed by atoms with Crippen molar-refractivity contribution in [2.75, 3.05) is 5.32 Å². The summed E-state index contributed by atoms with van der Waals surface area (Å²) in [5.41, 5.74) is 3.93. The second-order valence-corrected chi connectivity index (χ2v) is 6.26. The maximum atomic E-state index is 4.39. The van der Waals surface area contributed by atoms with Gasteiger partial charge in [0.25, 0.3) is 0 Å². The summed E-state index contributed by atoms with van der Waals surface area (Å²) in [6.45, 7) is 2.04. The summed E-state index contributed by atoms with van der Waals surface area (Å²) < 4.78 is 2.72. The Morgan fingerprint density at radius 3 is 2.75 bits per heavy atom. The van der Waals surface area contributed by atoms with Crippen LogP contribution in [-0.4, -0.2) is 24.7 Å². The summed E-state index contributed by atoms with van der Waals surface area (Å²) in [6.07, 6.45) is 4.77. The van der Waals surface area contributed by atoms with Gasteiger partial charge in [0.05, 0.1) is 11.2 Å². The van der Waals surface area contributed by atoms with Crippen LogP contribution in [0.25, 0.3) is 16.6 Å². The average molecular weight is 381 g/mol. The number of benzene rings is 2. The third kappa shape index (κ3) is 2.74. The van der Waals surface area contributed by atoms with Crippen LogP contribution < -0.4 is 5.32 Å². The molecule has 118 valence electrons. The lowest BCUT2D eigenvalue weighted by Crippen LogP contribution is -2.00. The summed E-state index contributed by atoms with van der Waals surface area (Å²) in [5.74, 6) is 0.776. The zero-order valence-corrected chi connectivity index (χ0v) is 14.4. The standard InChI is InChI=1S/C17H13BrN6/c1-11-6-13(24-10-19-8-22-24)3-5-15(11)23-17-14-7-12(18)2-4-16(14)20-9-21-17/h2-10H,1H3,(H,20,21,23). The molecule has 0 saturated heterocycles. The molecule has 1 N–H and O–H groups in total. The Kier molecular flexibility index (Phi) is 3.70. The van der Waals surface area contributed by atoms with E-state index in [1.165, 1.54) is 6.33 Å². The van der Waals surface area contributed by atoms with Crippen molar-refractivity contribution >= 4 is 38.3 Å². The Labute approximate surface area is 146 Å². The van der Waals surface area contributed by atoms with Gasteiger partial charge < -0.3 is 5.32 Å². The molecule has 4 rings (SSSR count). The highest BCUT2D eigenvalue weighted by Crippen LogP contribution is 2.28. The average Bonchev–Trinajstić information content (AvgIpc) is 3.11. The predicted octanol–water partition coefficient (Wildman–Crippen LogP) is 4.03. The van der Waals surface area contributed by atoms with Crippen LogP contribution >= 0.6 is 15.9 Å².